The summed E-state index contributed by atoms with van der Waals surface area (Å²) in [6, 6.07) is 0. The van der Waals surface area contributed by atoms with Gasteiger partial charge in [0.25, 0.3) is 0 Å². The van der Waals surface area contributed by atoms with Gasteiger partial charge in [-0.15, -0.1) is 5.92 Å². The van der Waals surface area contributed by atoms with E-state index in [-0.39, 0.29) is 0 Å². The number of nitrogens with zero attached hydrogens (tertiary/aromatic N) is 1. The predicted octanol–water partition coefficient (Wildman–Crippen LogP) is 4.06. The van der Waals surface area contributed by atoms with Crippen molar-refractivity contribution in [1.82, 2.24) is 0 Å². The number of aliphatic imine (C=N–C) groups is 1. The van der Waals surface area contributed by atoms with Crippen LogP contribution in [-0.4, -0.2) is 5.71 Å². The summed E-state index contributed by atoms with van der Waals surface area (Å²) < 4.78 is 0. The zero-order valence-corrected chi connectivity index (χ0v) is 10.5. The summed E-state index contributed by atoms with van der Waals surface area (Å²) in [5, 5.41) is 0. The van der Waals surface area contributed by atoms with Crippen LogP contribution in [0.25, 0.3) is 0 Å². The van der Waals surface area contributed by atoms with Gasteiger partial charge in [-0.05, 0) is 25.5 Å². The SMILES string of the molecule is C=C1C=CC=CC1=N/C=C(\C)C#CC.CC. The molecule has 1 aliphatic rings. The maximum absolute atomic E-state index is 4.30. The molecule has 1 heteroatoms. The molecule has 0 aliphatic heterocycles. The Morgan fingerprint density at radius 2 is 1.94 bits per heavy atom. The third kappa shape index (κ3) is 5.17. The van der Waals surface area contributed by atoms with Gasteiger partial charge in [0.1, 0.15) is 0 Å². The number of hydrogen-bond donors (Lipinski definition) is 0. The van der Waals surface area contributed by atoms with Crippen LogP contribution in [0.15, 0.2) is 53.2 Å². The smallest absolute Gasteiger partial charge is 0.0696 e. The van der Waals surface area contributed by atoms with Crippen molar-refractivity contribution in [3.05, 3.63) is 48.2 Å². The lowest BCUT2D eigenvalue weighted by atomic mass is 10.1. The van der Waals surface area contributed by atoms with Gasteiger partial charge in [-0.3, -0.25) is 4.99 Å². The Hall–Kier alpha value is -1.81. The maximum Gasteiger partial charge on any atom is 0.0696 e. The standard InChI is InChI=1S/C13H13N.C2H6/c1-4-7-11(2)10-14-13-9-6-5-8-12(13)3;1-2/h5-6,8-10H,3H2,1-2H3;1-2H3/b11-10+,14-13?;. The van der Waals surface area contributed by atoms with Crippen molar-refractivity contribution in [2.24, 2.45) is 4.99 Å². The molecule has 0 aromatic rings. The van der Waals surface area contributed by atoms with E-state index in [0.717, 1.165) is 16.9 Å². The van der Waals surface area contributed by atoms with E-state index in [9.17, 15) is 0 Å². The average Bonchev–Trinajstić information content (AvgIpc) is 2.31. The second-order valence-electron chi connectivity index (χ2n) is 2.94. The first-order valence-electron chi connectivity index (χ1n) is 5.45. The van der Waals surface area contributed by atoms with E-state index in [0.29, 0.717) is 0 Å². The molecule has 0 radical (unpaired) electrons. The maximum atomic E-state index is 4.30. The summed E-state index contributed by atoms with van der Waals surface area (Å²) in [6.07, 6.45) is 9.53. The molecule has 1 aliphatic carbocycles. The summed E-state index contributed by atoms with van der Waals surface area (Å²) in [5.74, 6) is 5.76. The van der Waals surface area contributed by atoms with E-state index in [1.165, 1.54) is 0 Å². The molecular formula is C15H19N. The second kappa shape index (κ2) is 8.49. The Kier molecular flexibility index (Phi) is 7.53. The fraction of sp³-hybridized carbons (Fsp3) is 0.267. The molecule has 0 aromatic carbocycles. The highest BCUT2D eigenvalue weighted by Gasteiger charge is 1.98. The fourth-order valence-electron chi connectivity index (χ4n) is 1.03. The van der Waals surface area contributed by atoms with E-state index in [4.69, 9.17) is 0 Å². The topological polar surface area (TPSA) is 12.4 Å². The van der Waals surface area contributed by atoms with Crippen molar-refractivity contribution in [3.63, 3.8) is 0 Å². The molecule has 0 saturated heterocycles. The molecule has 0 saturated carbocycles. The summed E-state index contributed by atoms with van der Waals surface area (Å²) in [7, 11) is 0. The number of hydrogen-bond acceptors (Lipinski definition) is 1. The van der Waals surface area contributed by atoms with Gasteiger partial charge >= 0.3 is 0 Å². The van der Waals surface area contributed by atoms with Gasteiger partial charge in [-0.1, -0.05) is 44.6 Å². The van der Waals surface area contributed by atoms with Crippen LogP contribution < -0.4 is 0 Å². The fourth-order valence-corrected chi connectivity index (χ4v) is 1.03. The van der Waals surface area contributed by atoms with Crippen molar-refractivity contribution in [3.8, 4) is 11.8 Å². The van der Waals surface area contributed by atoms with Crippen LogP contribution >= 0.6 is 0 Å². The molecule has 0 heterocycles. The van der Waals surface area contributed by atoms with Gasteiger partial charge in [0, 0.05) is 11.8 Å². The van der Waals surface area contributed by atoms with Crippen LogP contribution in [0.2, 0.25) is 0 Å². The van der Waals surface area contributed by atoms with Crippen LogP contribution in [0.5, 0.6) is 0 Å². The molecule has 0 N–H and O–H groups in total. The van der Waals surface area contributed by atoms with Crippen LogP contribution in [-0.2, 0) is 0 Å². The van der Waals surface area contributed by atoms with E-state index >= 15 is 0 Å². The van der Waals surface area contributed by atoms with Gasteiger partial charge < -0.3 is 0 Å². The van der Waals surface area contributed by atoms with Gasteiger partial charge in [0.15, 0.2) is 0 Å². The Morgan fingerprint density at radius 1 is 1.31 bits per heavy atom. The third-order valence-electron chi connectivity index (χ3n) is 1.71. The van der Waals surface area contributed by atoms with Crippen molar-refractivity contribution in [1.29, 1.82) is 0 Å². The highest BCUT2D eigenvalue weighted by molar-refractivity contribution is 6.11. The summed E-state index contributed by atoms with van der Waals surface area (Å²) in [4.78, 5) is 4.30. The Balaban J connectivity index is 0.00000106. The molecule has 0 fully saturated rings. The molecule has 0 spiro atoms. The van der Waals surface area contributed by atoms with E-state index in [1.54, 1.807) is 6.20 Å². The lowest BCUT2D eigenvalue weighted by Crippen LogP contribution is -1.97. The molecule has 16 heavy (non-hydrogen) atoms. The van der Waals surface area contributed by atoms with Crippen LogP contribution in [0.4, 0.5) is 0 Å². The Labute approximate surface area is 99.0 Å². The van der Waals surface area contributed by atoms with Gasteiger partial charge in [-0.25, -0.2) is 0 Å². The lowest BCUT2D eigenvalue weighted by Gasteiger charge is -2.02. The van der Waals surface area contributed by atoms with Gasteiger partial charge in [0.05, 0.1) is 5.71 Å². The Bertz CT molecular complexity index is 406. The minimum atomic E-state index is 0.893. The second-order valence-corrected chi connectivity index (χ2v) is 2.94. The normalized spacial score (nSPS) is 16.4. The van der Waals surface area contributed by atoms with Crippen molar-refractivity contribution in [2.75, 3.05) is 0 Å². The molecule has 1 nitrogen and oxygen atoms in total. The van der Waals surface area contributed by atoms with Crippen LogP contribution in [0, 0.1) is 11.8 Å². The summed E-state index contributed by atoms with van der Waals surface area (Å²) in [6.45, 7) is 11.6. The predicted molar refractivity (Wildman–Crippen MR) is 73.4 cm³/mol. The van der Waals surface area contributed by atoms with Crippen LogP contribution in [0.3, 0.4) is 0 Å². The highest BCUT2D eigenvalue weighted by atomic mass is 14.7. The Morgan fingerprint density at radius 3 is 2.50 bits per heavy atom. The molecular weight excluding hydrogens is 194 g/mol. The van der Waals surface area contributed by atoms with E-state index in [1.807, 2.05) is 52.0 Å². The zero-order valence-electron chi connectivity index (χ0n) is 10.5. The molecule has 0 aromatic heterocycles. The minimum Gasteiger partial charge on any atom is -0.255 e. The monoisotopic (exact) mass is 213 g/mol. The van der Waals surface area contributed by atoms with Gasteiger partial charge in [0.2, 0.25) is 0 Å². The largest absolute Gasteiger partial charge is 0.255 e. The molecule has 84 valence electrons. The highest BCUT2D eigenvalue weighted by Crippen LogP contribution is 2.06. The lowest BCUT2D eigenvalue weighted by molar-refractivity contribution is 1.44. The van der Waals surface area contributed by atoms with Gasteiger partial charge in [-0.2, -0.15) is 0 Å². The van der Waals surface area contributed by atoms with Crippen molar-refractivity contribution < 1.29 is 0 Å². The average molecular weight is 213 g/mol. The molecule has 0 amide bonds. The van der Waals surface area contributed by atoms with E-state index in [2.05, 4.69) is 23.4 Å². The molecule has 1 rings (SSSR count). The van der Waals surface area contributed by atoms with Crippen LogP contribution in [0.1, 0.15) is 27.7 Å². The summed E-state index contributed by atoms with van der Waals surface area (Å²) >= 11 is 0. The first-order chi connectivity index (χ1) is 7.74. The van der Waals surface area contributed by atoms with Crippen molar-refractivity contribution in [2.45, 2.75) is 27.7 Å². The third-order valence-corrected chi connectivity index (χ3v) is 1.71. The minimum absolute atomic E-state index is 0.893. The first-order valence-corrected chi connectivity index (χ1v) is 5.45. The molecule has 0 bridgehead atoms. The number of rotatable bonds is 1. The zero-order chi connectivity index (χ0) is 12.4. The van der Waals surface area contributed by atoms with E-state index < -0.39 is 0 Å². The molecule has 0 unspecified atom stereocenters. The number of allylic oxidation sites excluding steroid dienone is 6. The van der Waals surface area contributed by atoms with Crippen molar-refractivity contribution >= 4 is 5.71 Å². The summed E-state index contributed by atoms with van der Waals surface area (Å²) in [5.41, 5.74) is 2.78. The quantitative estimate of drug-likeness (QED) is 0.582. The molecule has 0 atom stereocenters. The first kappa shape index (κ1) is 14.2.